The van der Waals surface area contributed by atoms with E-state index in [0.29, 0.717) is 5.92 Å². The molecule has 4 heteroatoms. The first-order valence-corrected chi connectivity index (χ1v) is 5.56. The highest BCUT2D eigenvalue weighted by atomic mass is 35.5. The predicted octanol–water partition coefficient (Wildman–Crippen LogP) is 3.17. The van der Waals surface area contributed by atoms with Crippen LogP contribution in [0.1, 0.15) is 31.9 Å². The van der Waals surface area contributed by atoms with Crippen LogP contribution in [0.25, 0.3) is 0 Å². The number of rotatable bonds is 5. The van der Waals surface area contributed by atoms with Crippen molar-refractivity contribution in [3.63, 3.8) is 0 Å². The predicted molar refractivity (Wildman–Crippen MR) is 73.2 cm³/mol. The second kappa shape index (κ2) is 7.41. The molecule has 1 rings (SSSR count). The van der Waals surface area contributed by atoms with Crippen molar-refractivity contribution in [2.75, 3.05) is 14.2 Å². The van der Waals surface area contributed by atoms with Gasteiger partial charge in [0, 0.05) is 11.6 Å². The summed E-state index contributed by atoms with van der Waals surface area (Å²) in [6, 6.07) is 5.72. The van der Waals surface area contributed by atoms with Crippen molar-refractivity contribution in [2.45, 2.75) is 26.3 Å². The van der Waals surface area contributed by atoms with E-state index in [1.165, 1.54) is 0 Å². The number of nitrogens with two attached hydrogens (primary N) is 1. The van der Waals surface area contributed by atoms with Gasteiger partial charge >= 0.3 is 0 Å². The summed E-state index contributed by atoms with van der Waals surface area (Å²) < 4.78 is 10.5. The lowest BCUT2D eigenvalue weighted by atomic mass is 9.97. The fourth-order valence-electron chi connectivity index (χ4n) is 1.76. The van der Waals surface area contributed by atoms with Crippen LogP contribution in [-0.2, 0) is 0 Å². The highest BCUT2D eigenvalue weighted by Crippen LogP contribution is 2.31. The Hall–Kier alpha value is -0.930. The molecule has 0 fully saturated rings. The topological polar surface area (TPSA) is 44.5 Å². The normalized spacial score (nSPS) is 11.9. The molecule has 0 saturated heterocycles. The summed E-state index contributed by atoms with van der Waals surface area (Å²) >= 11 is 0. The van der Waals surface area contributed by atoms with Gasteiger partial charge in [-0.15, -0.1) is 12.4 Å². The van der Waals surface area contributed by atoms with Crippen LogP contribution in [0.15, 0.2) is 18.2 Å². The van der Waals surface area contributed by atoms with Crippen LogP contribution in [0.4, 0.5) is 0 Å². The molecule has 0 saturated carbocycles. The Labute approximate surface area is 110 Å². The smallest absolute Gasteiger partial charge is 0.123 e. The van der Waals surface area contributed by atoms with Gasteiger partial charge in [-0.1, -0.05) is 13.8 Å². The van der Waals surface area contributed by atoms with Crippen LogP contribution in [-0.4, -0.2) is 14.2 Å². The lowest BCUT2D eigenvalue weighted by Gasteiger charge is -2.18. The Morgan fingerprint density at radius 1 is 1.18 bits per heavy atom. The zero-order valence-corrected chi connectivity index (χ0v) is 11.7. The van der Waals surface area contributed by atoms with Crippen molar-refractivity contribution in [3.8, 4) is 11.5 Å². The Kier molecular flexibility index (Phi) is 7.00. The molecule has 0 aliphatic carbocycles. The van der Waals surface area contributed by atoms with Gasteiger partial charge in [0.05, 0.1) is 14.2 Å². The van der Waals surface area contributed by atoms with E-state index >= 15 is 0 Å². The highest BCUT2D eigenvalue weighted by molar-refractivity contribution is 5.85. The van der Waals surface area contributed by atoms with Crippen molar-refractivity contribution < 1.29 is 9.47 Å². The van der Waals surface area contributed by atoms with Crippen LogP contribution in [0.2, 0.25) is 0 Å². The fourth-order valence-corrected chi connectivity index (χ4v) is 1.76. The maximum atomic E-state index is 6.16. The summed E-state index contributed by atoms with van der Waals surface area (Å²) in [6.07, 6.45) is 0.934. The largest absolute Gasteiger partial charge is 0.497 e. The molecule has 1 aromatic rings. The van der Waals surface area contributed by atoms with Crippen LogP contribution >= 0.6 is 12.4 Å². The molecular formula is C13H22ClNO2. The lowest BCUT2D eigenvalue weighted by molar-refractivity contribution is 0.390. The monoisotopic (exact) mass is 259 g/mol. The van der Waals surface area contributed by atoms with E-state index in [2.05, 4.69) is 13.8 Å². The summed E-state index contributed by atoms with van der Waals surface area (Å²) in [4.78, 5) is 0. The third kappa shape index (κ3) is 4.44. The standard InChI is InChI=1S/C13H21NO2.ClH/c1-9(2)7-12(14)11-8-10(15-3)5-6-13(11)16-4;/h5-6,8-9,12H,7,14H2,1-4H3;1H/t12-;/m0./s1. The molecule has 0 radical (unpaired) electrons. The average molecular weight is 260 g/mol. The maximum Gasteiger partial charge on any atom is 0.123 e. The van der Waals surface area contributed by atoms with Gasteiger partial charge in [-0.05, 0) is 30.5 Å². The van der Waals surface area contributed by atoms with E-state index in [1.54, 1.807) is 14.2 Å². The summed E-state index contributed by atoms with van der Waals surface area (Å²) in [5, 5.41) is 0. The zero-order valence-electron chi connectivity index (χ0n) is 10.9. The van der Waals surface area contributed by atoms with Crippen LogP contribution in [0.3, 0.4) is 0 Å². The van der Waals surface area contributed by atoms with Gasteiger partial charge in [0.25, 0.3) is 0 Å². The van der Waals surface area contributed by atoms with Crippen molar-refractivity contribution in [3.05, 3.63) is 23.8 Å². The molecule has 0 aliphatic rings. The Morgan fingerprint density at radius 3 is 2.29 bits per heavy atom. The molecule has 0 heterocycles. The molecule has 0 aromatic heterocycles. The molecule has 0 bridgehead atoms. The van der Waals surface area contributed by atoms with Gasteiger partial charge in [0.2, 0.25) is 0 Å². The van der Waals surface area contributed by atoms with Gasteiger partial charge in [-0.3, -0.25) is 0 Å². The van der Waals surface area contributed by atoms with Crippen LogP contribution in [0.5, 0.6) is 11.5 Å². The van der Waals surface area contributed by atoms with Crippen molar-refractivity contribution in [2.24, 2.45) is 11.7 Å². The van der Waals surface area contributed by atoms with E-state index in [4.69, 9.17) is 15.2 Å². The molecule has 1 atom stereocenters. The number of hydrogen-bond donors (Lipinski definition) is 1. The fraction of sp³-hybridized carbons (Fsp3) is 0.538. The molecule has 0 amide bonds. The first-order chi connectivity index (χ1) is 7.58. The van der Waals surface area contributed by atoms with Gasteiger partial charge in [-0.25, -0.2) is 0 Å². The van der Waals surface area contributed by atoms with Crippen LogP contribution < -0.4 is 15.2 Å². The molecule has 0 unspecified atom stereocenters. The number of benzene rings is 1. The summed E-state index contributed by atoms with van der Waals surface area (Å²) in [6.45, 7) is 4.32. The third-order valence-corrected chi connectivity index (χ3v) is 2.56. The molecular weight excluding hydrogens is 238 g/mol. The Morgan fingerprint density at radius 2 is 1.82 bits per heavy atom. The van der Waals surface area contributed by atoms with E-state index in [-0.39, 0.29) is 18.4 Å². The van der Waals surface area contributed by atoms with E-state index in [0.717, 1.165) is 23.5 Å². The lowest BCUT2D eigenvalue weighted by Crippen LogP contribution is -2.14. The van der Waals surface area contributed by atoms with Gasteiger partial charge in [-0.2, -0.15) is 0 Å². The zero-order chi connectivity index (χ0) is 12.1. The first-order valence-electron chi connectivity index (χ1n) is 5.56. The number of hydrogen-bond acceptors (Lipinski definition) is 3. The number of halogens is 1. The Bertz CT molecular complexity index is 342. The molecule has 1 aromatic carbocycles. The third-order valence-electron chi connectivity index (χ3n) is 2.56. The van der Waals surface area contributed by atoms with E-state index < -0.39 is 0 Å². The number of ether oxygens (including phenoxy) is 2. The minimum Gasteiger partial charge on any atom is -0.497 e. The molecule has 0 spiro atoms. The summed E-state index contributed by atoms with van der Waals surface area (Å²) in [5.41, 5.74) is 7.17. The van der Waals surface area contributed by atoms with Crippen molar-refractivity contribution in [1.29, 1.82) is 0 Å². The summed E-state index contributed by atoms with van der Waals surface area (Å²) in [5.74, 6) is 2.20. The van der Waals surface area contributed by atoms with E-state index in [9.17, 15) is 0 Å². The second-order valence-corrected chi connectivity index (χ2v) is 4.34. The van der Waals surface area contributed by atoms with Crippen molar-refractivity contribution in [1.82, 2.24) is 0 Å². The van der Waals surface area contributed by atoms with Crippen LogP contribution in [0, 0.1) is 5.92 Å². The SMILES string of the molecule is COc1ccc(OC)c([C@@H](N)CC(C)C)c1.Cl. The van der Waals surface area contributed by atoms with Gasteiger partial charge in [0.1, 0.15) is 11.5 Å². The molecule has 17 heavy (non-hydrogen) atoms. The first kappa shape index (κ1) is 16.1. The average Bonchev–Trinajstić information content (AvgIpc) is 2.27. The molecule has 0 aliphatic heterocycles. The quantitative estimate of drug-likeness (QED) is 0.883. The molecule has 3 nitrogen and oxygen atoms in total. The van der Waals surface area contributed by atoms with Crippen molar-refractivity contribution >= 4 is 12.4 Å². The van der Waals surface area contributed by atoms with E-state index in [1.807, 2.05) is 18.2 Å². The highest BCUT2D eigenvalue weighted by Gasteiger charge is 2.14. The second-order valence-electron chi connectivity index (χ2n) is 4.34. The maximum absolute atomic E-state index is 6.16. The minimum atomic E-state index is -0.00921. The molecule has 2 N–H and O–H groups in total. The Balaban J connectivity index is 0.00000256. The number of methoxy groups -OCH3 is 2. The molecule has 98 valence electrons. The minimum absolute atomic E-state index is 0. The van der Waals surface area contributed by atoms with Gasteiger partial charge in [0.15, 0.2) is 0 Å². The van der Waals surface area contributed by atoms with Gasteiger partial charge < -0.3 is 15.2 Å². The summed E-state index contributed by atoms with van der Waals surface area (Å²) in [7, 11) is 3.31.